The number of nitrogens with one attached hydrogen (secondary N) is 1. The standard InChI is InChI=1S/C12H21N3O/c1-12(2,3)9-13-6-10-7-15-5-4-14-11(15)8-16-10/h4-5,10,13H,6-9H2,1-3H3. The number of hydrogen-bond donors (Lipinski definition) is 1. The van der Waals surface area contributed by atoms with E-state index < -0.39 is 0 Å². The van der Waals surface area contributed by atoms with Gasteiger partial charge in [-0.1, -0.05) is 20.8 Å². The quantitative estimate of drug-likeness (QED) is 0.842. The molecule has 0 saturated carbocycles. The van der Waals surface area contributed by atoms with Crippen molar-refractivity contribution >= 4 is 0 Å². The summed E-state index contributed by atoms with van der Waals surface area (Å²) >= 11 is 0. The summed E-state index contributed by atoms with van der Waals surface area (Å²) in [7, 11) is 0. The van der Waals surface area contributed by atoms with Gasteiger partial charge in [0.25, 0.3) is 0 Å². The molecule has 1 atom stereocenters. The van der Waals surface area contributed by atoms with Gasteiger partial charge in [-0.15, -0.1) is 0 Å². The van der Waals surface area contributed by atoms with E-state index in [0.717, 1.165) is 25.5 Å². The van der Waals surface area contributed by atoms with E-state index in [1.54, 1.807) is 0 Å². The lowest BCUT2D eigenvalue weighted by atomic mass is 9.97. The van der Waals surface area contributed by atoms with Crippen molar-refractivity contribution in [3.63, 3.8) is 0 Å². The number of hydrogen-bond acceptors (Lipinski definition) is 3. The van der Waals surface area contributed by atoms with E-state index in [9.17, 15) is 0 Å². The predicted molar refractivity (Wildman–Crippen MR) is 63.1 cm³/mol. The highest BCUT2D eigenvalue weighted by Gasteiger charge is 2.19. The molecule has 4 nitrogen and oxygen atoms in total. The van der Waals surface area contributed by atoms with Crippen molar-refractivity contribution in [3.05, 3.63) is 18.2 Å². The minimum absolute atomic E-state index is 0.268. The molecular formula is C12H21N3O. The Kier molecular flexibility index (Phi) is 3.30. The van der Waals surface area contributed by atoms with Gasteiger partial charge < -0.3 is 14.6 Å². The van der Waals surface area contributed by atoms with Gasteiger partial charge in [-0.3, -0.25) is 0 Å². The Hall–Kier alpha value is -0.870. The molecule has 16 heavy (non-hydrogen) atoms. The van der Waals surface area contributed by atoms with Gasteiger partial charge in [-0.05, 0) is 5.41 Å². The number of ether oxygens (including phenoxy) is 1. The van der Waals surface area contributed by atoms with Crippen molar-refractivity contribution in [3.8, 4) is 0 Å². The van der Waals surface area contributed by atoms with Gasteiger partial charge in [-0.25, -0.2) is 4.98 Å². The van der Waals surface area contributed by atoms with Crippen LogP contribution in [0.1, 0.15) is 26.6 Å². The van der Waals surface area contributed by atoms with Gasteiger partial charge in [-0.2, -0.15) is 0 Å². The second kappa shape index (κ2) is 4.55. The summed E-state index contributed by atoms with van der Waals surface area (Å²) in [6, 6.07) is 0. The zero-order chi connectivity index (χ0) is 11.6. The van der Waals surface area contributed by atoms with Crippen molar-refractivity contribution in [2.75, 3.05) is 13.1 Å². The van der Waals surface area contributed by atoms with E-state index in [-0.39, 0.29) is 6.10 Å². The van der Waals surface area contributed by atoms with Crippen molar-refractivity contribution in [1.82, 2.24) is 14.9 Å². The molecule has 2 heterocycles. The summed E-state index contributed by atoms with van der Waals surface area (Å²) in [6.45, 7) is 10.2. The Balaban J connectivity index is 1.77. The van der Waals surface area contributed by atoms with Gasteiger partial charge in [0.05, 0.1) is 12.6 Å². The normalized spacial score (nSPS) is 20.8. The maximum absolute atomic E-state index is 5.73. The number of imidazole rings is 1. The fraction of sp³-hybridized carbons (Fsp3) is 0.750. The van der Waals surface area contributed by atoms with E-state index in [2.05, 4.69) is 35.6 Å². The largest absolute Gasteiger partial charge is 0.367 e. The van der Waals surface area contributed by atoms with E-state index >= 15 is 0 Å². The van der Waals surface area contributed by atoms with Crippen molar-refractivity contribution < 1.29 is 4.74 Å². The molecule has 0 radical (unpaired) electrons. The van der Waals surface area contributed by atoms with Crippen LogP contribution in [0, 0.1) is 5.41 Å². The lowest BCUT2D eigenvalue weighted by Crippen LogP contribution is -2.39. The summed E-state index contributed by atoms with van der Waals surface area (Å²) in [6.07, 6.45) is 4.13. The topological polar surface area (TPSA) is 39.1 Å². The van der Waals surface area contributed by atoms with E-state index in [1.807, 2.05) is 12.4 Å². The third kappa shape index (κ3) is 3.06. The lowest BCUT2D eigenvalue weighted by molar-refractivity contribution is 0.00207. The maximum Gasteiger partial charge on any atom is 0.134 e. The van der Waals surface area contributed by atoms with Crippen LogP contribution in [0.4, 0.5) is 0 Å². The molecule has 2 rings (SSSR count). The maximum atomic E-state index is 5.73. The first-order valence-electron chi connectivity index (χ1n) is 5.87. The molecule has 0 aromatic carbocycles. The molecule has 4 heteroatoms. The molecule has 1 aliphatic rings. The van der Waals surface area contributed by atoms with E-state index in [4.69, 9.17) is 4.74 Å². The summed E-state index contributed by atoms with van der Waals surface area (Å²) in [5.74, 6) is 1.03. The molecule has 1 aliphatic heterocycles. The molecule has 1 aromatic rings. The average molecular weight is 223 g/mol. The molecular weight excluding hydrogens is 202 g/mol. The number of aromatic nitrogens is 2. The fourth-order valence-electron chi connectivity index (χ4n) is 1.84. The second-order valence-corrected chi connectivity index (χ2v) is 5.62. The van der Waals surface area contributed by atoms with E-state index in [1.165, 1.54) is 0 Å². The number of fused-ring (bicyclic) bond motifs is 1. The summed E-state index contributed by atoms with van der Waals surface area (Å²) in [5, 5.41) is 3.46. The Labute approximate surface area is 97.0 Å². The molecule has 90 valence electrons. The van der Waals surface area contributed by atoms with Crippen LogP contribution in [-0.2, 0) is 17.9 Å². The van der Waals surface area contributed by atoms with Crippen molar-refractivity contribution in [2.45, 2.75) is 40.0 Å². The SMILES string of the molecule is CC(C)(C)CNCC1Cn2ccnc2CO1. The molecule has 0 fully saturated rings. The first kappa shape index (κ1) is 11.6. The van der Waals surface area contributed by atoms with Crippen LogP contribution in [0.5, 0.6) is 0 Å². The third-order valence-electron chi connectivity index (χ3n) is 2.68. The van der Waals surface area contributed by atoms with Gasteiger partial charge in [0.15, 0.2) is 0 Å². The van der Waals surface area contributed by atoms with Crippen LogP contribution in [0.15, 0.2) is 12.4 Å². The molecule has 0 bridgehead atoms. The van der Waals surface area contributed by atoms with Crippen LogP contribution in [-0.4, -0.2) is 28.7 Å². The minimum Gasteiger partial charge on any atom is -0.367 e. The van der Waals surface area contributed by atoms with E-state index in [0.29, 0.717) is 12.0 Å². The number of rotatable bonds is 3. The third-order valence-corrected chi connectivity index (χ3v) is 2.68. The molecule has 0 spiro atoms. The van der Waals surface area contributed by atoms with Crippen LogP contribution in [0.3, 0.4) is 0 Å². The minimum atomic E-state index is 0.268. The first-order chi connectivity index (χ1) is 7.54. The second-order valence-electron chi connectivity index (χ2n) is 5.62. The van der Waals surface area contributed by atoms with Crippen LogP contribution < -0.4 is 5.32 Å². The molecule has 1 aromatic heterocycles. The van der Waals surface area contributed by atoms with Crippen LogP contribution in [0.2, 0.25) is 0 Å². The smallest absolute Gasteiger partial charge is 0.134 e. The summed E-state index contributed by atoms with van der Waals surface area (Å²) in [5.41, 5.74) is 0.328. The number of nitrogens with zero attached hydrogens (tertiary/aromatic N) is 2. The Bertz CT molecular complexity index is 340. The Morgan fingerprint density at radius 3 is 3.12 bits per heavy atom. The molecule has 0 saturated heterocycles. The lowest BCUT2D eigenvalue weighted by Gasteiger charge is -2.26. The average Bonchev–Trinajstić information content (AvgIpc) is 2.62. The van der Waals surface area contributed by atoms with Gasteiger partial charge in [0.1, 0.15) is 12.4 Å². The van der Waals surface area contributed by atoms with Gasteiger partial charge in [0.2, 0.25) is 0 Å². The molecule has 1 unspecified atom stereocenters. The highest BCUT2D eigenvalue weighted by molar-refractivity contribution is 4.94. The van der Waals surface area contributed by atoms with Crippen LogP contribution in [0.25, 0.3) is 0 Å². The zero-order valence-corrected chi connectivity index (χ0v) is 10.4. The monoisotopic (exact) mass is 223 g/mol. The van der Waals surface area contributed by atoms with Gasteiger partial charge >= 0.3 is 0 Å². The summed E-state index contributed by atoms with van der Waals surface area (Å²) in [4.78, 5) is 4.23. The molecule has 0 aliphatic carbocycles. The first-order valence-corrected chi connectivity index (χ1v) is 5.87. The van der Waals surface area contributed by atoms with Crippen LogP contribution >= 0.6 is 0 Å². The highest BCUT2D eigenvalue weighted by Crippen LogP contribution is 2.13. The molecule has 1 N–H and O–H groups in total. The Morgan fingerprint density at radius 2 is 2.38 bits per heavy atom. The predicted octanol–water partition coefficient (Wildman–Crippen LogP) is 1.42. The fourth-order valence-corrected chi connectivity index (χ4v) is 1.84. The molecule has 0 amide bonds. The summed E-state index contributed by atoms with van der Waals surface area (Å²) < 4.78 is 7.91. The van der Waals surface area contributed by atoms with Gasteiger partial charge in [0, 0.05) is 25.5 Å². The van der Waals surface area contributed by atoms with Crippen molar-refractivity contribution in [2.24, 2.45) is 5.41 Å². The highest BCUT2D eigenvalue weighted by atomic mass is 16.5. The zero-order valence-electron chi connectivity index (χ0n) is 10.4. The van der Waals surface area contributed by atoms with Crippen molar-refractivity contribution in [1.29, 1.82) is 0 Å². The Morgan fingerprint density at radius 1 is 1.56 bits per heavy atom.